The van der Waals surface area contributed by atoms with Crippen molar-refractivity contribution in [2.75, 3.05) is 31.2 Å². The van der Waals surface area contributed by atoms with E-state index in [0.29, 0.717) is 37.9 Å². The molecule has 1 aliphatic carbocycles. The standard InChI is InChI=1S/C28H30N6O.C16H13BrN2O/c29-22-13-28(14-22)8-10-33(11-9-28)27-30-15-21(16-31-27)20-6-7-23-24(12-20)34-25(17-35-18-26(34)32-23)19-4-2-1-3-5-19;17-12-6-7-13-14(8-12)19-15(9-20-10-16(19)18-13)11-4-2-1-3-5-11/h1-7,12,15-16,22,25H,8-11,13-14,17-18,29H2;1-8,15H,9-10H2/t25-;15-/m11/s1. The highest BCUT2D eigenvalue weighted by Crippen LogP contribution is 2.48. The lowest BCUT2D eigenvalue weighted by Crippen LogP contribution is -2.52. The number of benzene rings is 4. The molecular formula is C44H43BrN8O2. The first-order chi connectivity index (χ1) is 27.0. The molecule has 2 atom stereocenters. The van der Waals surface area contributed by atoms with Crippen LogP contribution in [-0.2, 0) is 22.7 Å². The third-order valence-corrected chi connectivity index (χ3v) is 12.5. The van der Waals surface area contributed by atoms with Crippen LogP contribution in [0, 0.1) is 5.41 Å². The average Bonchev–Trinajstić information content (AvgIpc) is 3.79. The van der Waals surface area contributed by atoms with E-state index in [1.807, 2.05) is 36.7 Å². The van der Waals surface area contributed by atoms with Crippen LogP contribution in [0.3, 0.4) is 0 Å². The number of hydrogen-bond acceptors (Lipinski definition) is 8. The molecule has 6 heterocycles. The summed E-state index contributed by atoms with van der Waals surface area (Å²) >= 11 is 3.55. The van der Waals surface area contributed by atoms with E-state index in [1.54, 1.807) is 0 Å². The number of rotatable bonds is 4. The second-order valence-corrected chi connectivity index (χ2v) is 16.4. The molecule has 0 radical (unpaired) electrons. The summed E-state index contributed by atoms with van der Waals surface area (Å²) in [5, 5.41) is 0. The molecule has 0 amide bonds. The maximum Gasteiger partial charge on any atom is 0.225 e. The molecule has 10 nitrogen and oxygen atoms in total. The van der Waals surface area contributed by atoms with E-state index in [9.17, 15) is 0 Å². The van der Waals surface area contributed by atoms with E-state index in [4.69, 9.17) is 30.2 Å². The number of ether oxygens (including phenoxy) is 2. The smallest absolute Gasteiger partial charge is 0.225 e. The van der Waals surface area contributed by atoms with Crippen molar-refractivity contribution < 1.29 is 9.47 Å². The molecule has 4 aliphatic rings. The predicted octanol–water partition coefficient (Wildman–Crippen LogP) is 8.24. The Labute approximate surface area is 328 Å². The first-order valence-corrected chi connectivity index (χ1v) is 20.1. The van der Waals surface area contributed by atoms with E-state index in [-0.39, 0.29) is 12.1 Å². The number of halogens is 1. The van der Waals surface area contributed by atoms with Gasteiger partial charge in [-0.05, 0) is 78.1 Å². The topological polar surface area (TPSA) is 109 Å². The molecule has 11 heteroatoms. The van der Waals surface area contributed by atoms with Gasteiger partial charge in [-0.25, -0.2) is 19.9 Å². The Kier molecular flexibility index (Phi) is 8.97. The summed E-state index contributed by atoms with van der Waals surface area (Å²) in [5.74, 6) is 2.80. The van der Waals surface area contributed by atoms with Crippen molar-refractivity contribution in [3.63, 3.8) is 0 Å². The van der Waals surface area contributed by atoms with E-state index in [0.717, 1.165) is 68.4 Å². The van der Waals surface area contributed by atoms with Gasteiger partial charge in [0.2, 0.25) is 5.95 Å². The van der Waals surface area contributed by atoms with Crippen molar-refractivity contribution in [1.82, 2.24) is 29.1 Å². The molecule has 0 bridgehead atoms. The van der Waals surface area contributed by atoms with Gasteiger partial charge in [0.15, 0.2) is 0 Å². The summed E-state index contributed by atoms with van der Waals surface area (Å²) in [5.41, 5.74) is 15.5. The molecule has 3 aromatic heterocycles. The number of hydrogen-bond donors (Lipinski definition) is 1. The summed E-state index contributed by atoms with van der Waals surface area (Å²) in [4.78, 5) is 21.4. The van der Waals surface area contributed by atoms with Gasteiger partial charge in [0.25, 0.3) is 0 Å². The van der Waals surface area contributed by atoms with Gasteiger partial charge in [0, 0.05) is 41.6 Å². The quantitative estimate of drug-likeness (QED) is 0.190. The van der Waals surface area contributed by atoms with Crippen molar-refractivity contribution in [1.29, 1.82) is 0 Å². The van der Waals surface area contributed by atoms with Crippen LogP contribution in [0.5, 0.6) is 0 Å². The van der Waals surface area contributed by atoms with Crippen molar-refractivity contribution in [2.45, 2.75) is 57.0 Å². The van der Waals surface area contributed by atoms with Gasteiger partial charge in [-0.15, -0.1) is 0 Å². The Bertz CT molecular complexity index is 2450. The lowest BCUT2D eigenvalue weighted by atomic mass is 9.61. The molecule has 11 rings (SSSR count). The number of nitrogens with zero attached hydrogens (tertiary/aromatic N) is 7. The monoisotopic (exact) mass is 794 g/mol. The first-order valence-electron chi connectivity index (χ1n) is 19.3. The van der Waals surface area contributed by atoms with Gasteiger partial charge in [-0.2, -0.15) is 0 Å². The van der Waals surface area contributed by atoms with Gasteiger partial charge in [-0.3, -0.25) is 0 Å². The predicted molar refractivity (Wildman–Crippen MR) is 218 cm³/mol. The minimum Gasteiger partial charge on any atom is -0.371 e. The molecule has 3 aliphatic heterocycles. The average molecular weight is 796 g/mol. The fourth-order valence-electron chi connectivity index (χ4n) is 9.13. The fourth-order valence-corrected chi connectivity index (χ4v) is 9.48. The Hall–Kier alpha value is -4.94. The van der Waals surface area contributed by atoms with Gasteiger partial charge < -0.3 is 29.2 Å². The summed E-state index contributed by atoms with van der Waals surface area (Å²) in [6.45, 7) is 4.48. The summed E-state index contributed by atoms with van der Waals surface area (Å²) < 4.78 is 17.3. The fraction of sp³-hybridized carbons (Fsp3) is 0.318. The first kappa shape index (κ1) is 34.5. The Morgan fingerprint density at radius 2 is 1.20 bits per heavy atom. The SMILES string of the molecule is Brc1ccc2nc3n(c2c1)[C@@H](c1ccccc1)COC3.NC1CC2(CCN(c3ncc(-c4ccc5nc6n(c5c4)[C@@H](c4ccccc4)COC6)cn3)CC2)C1. The number of aromatic nitrogens is 6. The highest BCUT2D eigenvalue weighted by Gasteiger charge is 2.44. The van der Waals surface area contributed by atoms with Gasteiger partial charge in [0.05, 0.1) is 47.4 Å². The molecule has 0 unspecified atom stereocenters. The summed E-state index contributed by atoms with van der Waals surface area (Å²) in [6, 6.07) is 34.3. The molecule has 278 valence electrons. The van der Waals surface area contributed by atoms with E-state index in [2.05, 4.69) is 108 Å². The third-order valence-electron chi connectivity index (χ3n) is 12.0. The summed E-state index contributed by atoms with van der Waals surface area (Å²) in [6.07, 6.45) is 8.66. The molecule has 1 spiro atoms. The minimum atomic E-state index is 0.117. The molecule has 2 N–H and O–H groups in total. The Morgan fingerprint density at radius 1 is 0.655 bits per heavy atom. The van der Waals surface area contributed by atoms with Crippen LogP contribution < -0.4 is 10.6 Å². The third kappa shape index (κ3) is 6.52. The lowest BCUT2D eigenvalue weighted by molar-refractivity contribution is 0.0679. The van der Waals surface area contributed by atoms with Crippen molar-refractivity contribution in [2.24, 2.45) is 11.1 Å². The van der Waals surface area contributed by atoms with Gasteiger partial charge in [0.1, 0.15) is 24.9 Å². The molecule has 7 aromatic rings. The second-order valence-electron chi connectivity index (χ2n) is 15.4. The molecule has 2 fully saturated rings. The van der Waals surface area contributed by atoms with Crippen LogP contribution in [0.1, 0.15) is 60.5 Å². The normalized spacial score (nSPS) is 20.4. The minimum absolute atomic E-state index is 0.117. The zero-order valence-electron chi connectivity index (χ0n) is 30.6. The number of piperidine rings is 1. The Morgan fingerprint density at radius 3 is 1.76 bits per heavy atom. The van der Waals surface area contributed by atoms with E-state index in [1.165, 1.54) is 36.8 Å². The van der Waals surface area contributed by atoms with E-state index >= 15 is 0 Å². The molecule has 55 heavy (non-hydrogen) atoms. The zero-order valence-corrected chi connectivity index (χ0v) is 32.2. The van der Waals surface area contributed by atoms with E-state index < -0.39 is 0 Å². The van der Waals surface area contributed by atoms with Gasteiger partial charge >= 0.3 is 0 Å². The maximum atomic E-state index is 6.05. The second kappa shape index (κ2) is 14.3. The van der Waals surface area contributed by atoms with Crippen LogP contribution in [0.4, 0.5) is 5.95 Å². The highest BCUT2D eigenvalue weighted by atomic mass is 79.9. The number of fused-ring (bicyclic) bond motifs is 6. The largest absolute Gasteiger partial charge is 0.371 e. The maximum absolute atomic E-state index is 6.05. The number of anilines is 1. The van der Waals surface area contributed by atoms with Crippen LogP contribution >= 0.6 is 15.9 Å². The van der Waals surface area contributed by atoms with Crippen LogP contribution in [0.25, 0.3) is 33.2 Å². The Balaban J connectivity index is 0.000000158. The number of nitrogens with two attached hydrogens (primary N) is 1. The lowest BCUT2D eigenvalue weighted by Gasteiger charge is -2.51. The van der Waals surface area contributed by atoms with Crippen LogP contribution in [0.15, 0.2) is 114 Å². The molecular weight excluding hydrogens is 752 g/mol. The number of imidazole rings is 2. The summed E-state index contributed by atoms with van der Waals surface area (Å²) in [7, 11) is 0. The van der Waals surface area contributed by atoms with Crippen molar-refractivity contribution >= 4 is 43.9 Å². The van der Waals surface area contributed by atoms with Crippen molar-refractivity contribution in [3.05, 3.63) is 137 Å². The van der Waals surface area contributed by atoms with Crippen molar-refractivity contribution in [3.8, 4) is 11.1 Å². The molecule has 1 saturated heterocycles. The molecule has 4 aromatic carbocycles. The molecule has 1 saturated carbocycles. The highest BCUT2D eigenvalue weighted by molar-refractivity contribution is 9.10. The van der Waals surface area contributed by atoms with Crippen LogP contribution in [0.2, 0.25) is 0 Å². The van der Waals surface area contributed by atoms with Gasteiger partial charge in [-0.1, -0.05) is 82.7 Å². The zero-order chi connectivity index (χ0) is 36.9. The van der Waals surface area contributed by atoms with Crippen LogP contribution in [-0.4, -0.2) is 61.4 Å².